The van der Waals surface area contributed by atoms with Crippen LogP contribution >= 0.6 is 11.6 Å². The van der Waals surface area contributed by atoms with Gasteiger partial charge in [0.25, 0.3) is 0 Å². The molecule has 2 aromatic carbocycles. The highest BCUT2D eigenvalue weighted by atomic mass is 35.5. The van der Waals surface area contributed by atoms with Crippen LogP contribution in [-0.2, 0) is 9.84 Å². The highest BCUT2D eigenvalue weighted by Gasteiger charge is 2.37. The molecular weight excluding hydrogens is 346 g/mol. The van der Waals surface area contributed by atoms with E-state index in [1.165, 1.54) is 0 Å². The van der Waals surface area contributed by atoms with E-state index >= 15 is 0 Å². The van der Waals surface area contributed by atoms with Gasteiger partial charge in [-0.05, 0) is 49.7 Å². The van der Waals surface area contributed by atoms with E-state index < -0.39 is 9.84 Å². The summed E-state index contributed by atoms with van der Waals surface area (Å²) in [6, 6.07) is 10.2. The highest BCUT2D eigenvalue weighted by Crippen LogP contribution is 2.43. The number of halogens is 1. The Balaban J connectivity index is 1.77. The van der Waals surface area contributed by atoms with Crippen LogP contribution in [-0.4, -0.2) is 27.6 Å². The quantitative estimate of drug-likeness (QED) is 0.889. The lowest BCUT2D eigenvalue weighted by atomic mass is 9.90. The first-order valence-electron chi connectivity index (χ1n) is 8.00. The summed E-state index contributed by atoms with van der Waals surface area (Å²) in [7, 11) is -3.63. The van der Waals surface area contributed by atoms with Crippen molar-refractivity contribution < 1.29 is 13.2 Å². The number of benzene rings is 2. The molecule has 24 heavy (non-hydrogen) atoms. The molecule has 2 aromatic rings. The van der Waals surface area contributed by atoms with Crippen molar-refractivity contribution in [2.45, 2.75) is 35.2 Å². The van der Waals surface area contributed by atoms with Gasteiger partial charge in [0.1, 0.15) is 11.9 Å². The second-order valence-electron chi connectivity index (χ2n) is 6.32. The summed E-state index contributed by atoms with van der Waals surface area (Å²) < 4.78 is 32.0. The fourth-order valence-electron chi connectivity index (χ4n) is 3.57. The van der Waals surface area contributed by atoms with Crippen LogP contribution < -0.4 is 10.1 Å². The van der Waals surface area contributed by atoms with Crippen molar-refractivity contribution >= 4 is 21.4 Å². The molecule has 0 aliphatic carbocycles. The topological polar surface area (TPSA) is 55.4 Å². The number of sulfone groups is 1. The second kappa shape index (κ2) is 5.76. The molecule has 0 bridgehead atoms. The zero-order chi connectivity index (χ0) is 16.9. The Kier molecular flexibility index (Phi) is 3.82. The number of hydrogen-bond donors (Lipinski definition) is 1. The Morgan fingerprint density at radius 1 is 1.25 bits per heavy atom. The third-order valence-electron chi connectivity index (χ3n) is 4.91. The van der Waals surface area contributed by atoms with Gasteiger partial charge in [-0.25, -0.2) is 8.42 Å². The Hall–Kier alpha value is -1.56. The van der Waals surface area contributed by atoms with Crippen molar-refractivity contribution in [3.63, 3.8) is 0 Å². The largest absolute Gasteiger partial charge is 0.488 e. The number of nitrogens with one attached hydrogen (secondary N) is 1. The molecule has 0 amide bonds. The van der Waals surface area contributed by atoms with Gasteiger partial charge >= 0.3 is 0 Å². The molecule has 2 aliphatic rings. The molecule has 2 unspecified atom stereocenters. The van der Waals surface area contributed by atoms with Gasteiger partial charge in [0.05, 0.1) is 9.79 Å². The van der Waals surface area contributed by atoms with Gasteiger partial charge < -0.3 is 10.1 Å². The summed E-state index contributed by atoms with van der Waals surface area (Å²) in [4.78, 5) is 0.491. The minimum Gasteiger partial charge on any atom is -0.488 e. The van der Waals surface area contributed by atoms with Crippen LogP contribution in [0, 0.1) is 6.92 Å². The summed E-state index contributed by atoms with van der Waals surface area (Å²) >= 11 is 6.09. The molecule has 0 radical (unpaired) electrons. The molecule has 2 aliphatic heterocycles. The maximum absolute atomic E-state index is 13.0. The van der Waals surface area contributed by atoms with E-state index in [9.17, 15) is 8.42 Å². The minimum absolute atomic E-state index is 0.0969. The minimum atomic E-state index is -3.63. The molecule has 0 saturated carbocycles. The van der Waals surface area contributed by atoms with Crippen LogP contribution in [0.15, 0.2) is 46.2 Å². The van der Waals surface area contributed by atoms with Gasteiger partial charge in [0.15, 0.2) is 0 Å². The molecule has 4 rings (SSSR count). The molecule has 126 valence electrons. The molecule has 2 heterocycles. The third kappa shape index (κ3) is 2.42. The summed E-state index contributed by atoms with van der Waals surface area (Å²) in [5, 5.41) is 3.77. The first-order chi connectivity index (χ1) is 11.5. The van der Waals surface area contributed by atoms with Crippen molar-refractivity contribution in [1.29, 1.82) is 0 Å². The lowest BCUT2D eigenvalue weighted by molar-refractivity contribution is 0.176. The fraction of sp³-hybridized carbons (Fsp3) is 0.333. The van der Waals surface area contributed by atoms with Crippen molar-refractivity contribution in [2.75, 3.05) is 13.1 Å². The SMILES string of the molecule is Cc1c(Cl)cccc1S(=O)(=O)c1ccc2c(c1)OC1CNCCC21. The molecule has 1 N–H and O–H groups in total. The van der Waals surface area contributed by atoms with Crippen molar-refractivity contribution in [1.82, 2.24) is 5.32 Å². The van der Waals surface area contributed by atoms with Crippen molar-refractivity contribution in [2.24, 2.45) is 0 Å². The molecule has 4 nitrogen and oxygen atoms in total. The maximum atomic E-state index is 13.0. The van der Waals surface area contributed by atoms with Crippen LogP contribution in [0.2, 0.25) is 5.02 Å². The average molecular weight is 364 g/mol. The average Bonchev–Trinajstić information content (AvgIpc) is 2.95. The predicted octanol–water partition coefficient (Wildman–Crippen LogP) is 3.32. The van der Waals surface area contributed by atoms with E-state index in [-0.39, 0.29) is 15.9 Å². The lowest BCUT2D eigenvalue weighted by Crippen LogP contribution is -2.39. The third-order valence-corrected chi connectivity index (χ3v) is 7.21. The summed E-state index contributed by atoms with van der Waals surface area (Å²) in [5.41, 5.74) is 1.68. The normalized spacial score (nSPS) is 22.6. The van der Waals surface area contributed by atoms with Crippen LogP contribution in [0.5, 0.6) is 5.75 Å². The summed E-state index contributed by atoms with van der Waals surface area (Å²) in [6.45, 7) is 3.49. The smallest absolute Gasteiger partial charge is 0.207 e. The standard InChI is InChI=1S/C18H18ClNO3S/c1-11-15(19)3-2-4-18(11)24(21,22)12-5-6-13-14-7-8-20-10-17(14)23-16(13)9-12/h2-6,9,14,17,20H,7-8,10H2,1H3. The molecule has 0 spiro atoms. The fourth-order valence-corrected chi connectivity index (χ4v) is 5.33. The Labute approximate surface area is 146 Å². The van der Waals surface area contributed by atoms with Crippen molar-refractivity contribution in [3.05, 3.63) is 52.5 Å². The summed E-state index contributed by atoms with van der Waals surface area (Å²) in [5.74, 6) is 1.04. The Bertz CT molecular complexity index is 910. The van der Waals surface area contributed by atoms with E-state index in [4.69, 9.17) is 16.3 Å². The van der Waals surface area contributed by atoms with E-state index in [2.05, 4.69) is 5.32 Å². The van der Waals surface area contributed by atoms with Crippen molar-refractivity contribution in [3.8, 4) is 5.75 Å². The van der Waals surface area contributed by atoms with Crippen LogP contribution in [0.3, 0.4) is 0 Å². The number of ether oxygens (including phenoxy) is 1. The number of piperidine rings is 1. The van der Waals surface area contributed by atoms with Gasteiger partial charge in [-0.15, -0.1) is 0 Å². The predicted molar refractivity (Wildman–Crippen MR) is 92.7 cm³/mol. The van der Waals surface area contributed by atoms with E-state index in [1.54, 1.807) is 37.3 Å². The molecule has 6 heteroatoms. The van der Waals surface area contributed by atoms with Crippen LogP contribution in [0.1, 0.15) is 23.5 Å². The Morgan fingerprint density at radius 2 is 2.08 bits per heavy atom. The van der Waals surface area contributed by atoms with Gasteiger partial charge in [0.2, 0.25) is 9.84 Å². The molecular formula is C18H18ClNO3S. The molecule has 1 saturated heterocycles. The highest BCUT2D eigenvalue weighted by molar-refractivity contribution is 7.91. The number of rotatable bonds is 2. The molecule has 2 atom stereocenters. The first-order valence-corrected chi connectivity index (χ1v) is 9.86. The summed E-state index contributed by atoms with van der Waals surface area (Å²) in [6.07, 6.45) is 1.11. The van der Waals surface area contributed by atoms with Gasteiger partial charge in [-0.3, -0.25) is 0 Å². The maximum Gasteiger partial charge on any atom is 0.207 e. The first kappa shape index (κ1) is 15.9. The monoisotopic (exact) mass is 363 g/mol. The van der Waals surface area contributed by atoms with Crippen LogP contribution in [0.4, 0.5) is 0 Å². The van der Waals surface area contributed by atoms with E-state index in [0.29, 0.717) is 22.3 Å². The van der Waals surface area contributed by atoms with Crippen LogP contribution in [0.25, 0.3) is 0 Å². The molecule has 0 aromatic heterocycles. The zero-order valence-electron chi connectivity index (χ0n) is 13.3. The van der Waals surface area contributed by atoms with Gasteiger partial charge in [0, 0.05) is 23.0 Å². The van der Waals surface area contributed by atoms with Gasteiger partial charge in [-0.1, -0.05) is 23.7 Å². The number of hydrogen-bond acceptors (Lipinski definition) is 4. The lowest BCUT2D eigenvalue weighted by Gasteiger charge is -2.24. The Morgan fingerprint density at radius 3 is 2.92 bits per heavy atom. The van der Waals surface area contributed by atoms with E-state index in [0.717, 1.165) is 25.1 Å². The van der Waals surface area contributed by atoms with E-state index in [1.807, 2.05) is 6.07 Å². The zero-order valence-corrected chi connectivity index (χ0v) is 14.8. The second-order valence-corrected chi connectivity index (χ2v) is 8.65. The van der Waals surface area contributed by atoms with Gasteiger partial charge in [-0.2, -0.15) is 0 Å². The molecule has 1 fully saturated rings. The number of fused-ring (bicyclic) bond motifs is 3.